The summed E-state index contributed by atoms with van der Waals surface area (Å²) in [6.45, 7) is 1.79. The Morgan fingerprint density at radius 1 is 1.56 bits per heavy atom. The number of nitrogens with two attached hydrogens (primary N) is 1. The number of aromatic amines is 1. The quantitative estimate of drug-likeness (QED) is 0.524. The number of nitrogens with one attached hydrogen (secondary N) is 2. The first-order valence-electron chi connectivity index (χ1n) is 4.38. The molecule has 4 N–H and O–H groups in total. The molecule has 0 aliphatic rings. The van der Waals surface area contributed by atoms with Crippen LogP contribution in [0.4, 0.5) is 10.3 Å². The molecular weight excluding hydrogens is 215 g/mol. The molecule has 7 nitrogen and oxygen atoms in total. The molecule has 0 aliphatic heterocycles. The Labute approximate surface area is 89.8 Å². The second kappa shape index (κ2) is 4.11. The summed E-state index contributed by atoms with van der Waals surface area (Å²) in [7, 11) is 0. The minimum absolute atomic E-state index is 0.0589. The van der Waals surface area contributed by atoms with Crippen molar-refractivity contribution in [3.63, 3.8) is 0 Å². The topological polar surface area (TPSA) is 102 Å². The number of hydrazine groups is 1. The lowest BCUT2D eigenvalue weighted by Crippen LogP contribution is -2.11. The van der Waals surface area contributed by atoms with E-state index in [4.69, 9.17) is 10.6 Å². The molecule has 2 rings (SSSR count). The molecule has 0 spiro atoms. The molecule has 0 bridgehead atoms. The van der Waals surface area contributed by atoms with Gasteiger partial charge in [0, 0.05) is 11.8 Å². The number of aromatic nitrogens is 4. The molecule has 0 aromatic carbocycles. The maximum Gasteiger partial charge on any atom is 0.262 e. The van der Waals surface area contributed by atoms with Gasteiger partial charge < -0.3 is 4.74 Å². The number of rotatable bonds is 3. The van der Waals surface area contributed by atoms with Gasteiger partial charge in [-0.2, -0.15) is 9.37 Å². The summed E-state index contributed by atoms with van der Waals surface area (Å²) >= 11 is 0. The number of hydrogen-bond acceptors (Lipinski definition) is 6. The van der Waals surface area contributed by atoms with Gasteiger partial charge >= 0.3 is 0 Å². The van der Waals surface area contributed by atoms with E-state index in [1.165, 1.54) is 0 Å². The highest BCUT2D eigenvalue weighted by Gasteiger charge is 2.10. The van der Waals surface area contributed by atoms with Crippen LogP contribution in [0.15, 0.2) is 12.3 Å². The van der Waals surface area contributed by atoms with Crippen LogP contribution in [-0.2, 0) is 0 Å². The van der Waals surface area contributed by atoms with Crippen molar-refractivity contribution in [2.45, 2.75) is 6.92 Å². The highest BCUT2D eigenvalue weighted by Crippen LogP contribution is 2.21. The highest BCUT2D eigenvalue weighted by molar-refractivity contribution is 5.29. The van der Waals surface area contributed by atoms with Crippen LogP contribution in [0.5, 0.6) is 11.8 Å². The predicted octanol–water partition coefficient (Wildman–Crippen LogP) is 0.725. The first kappa shape index (κ1) is 10.3. The summed E-state index contributed by atoms with van der Waals surface area (Å²) in [5, 5.41) is 6.44. The van der Waals surface area contributed by atoms with Gasteiger partial charge in [0.15, 0.2) is 0 Å². The lowest BCUT2D eigenvalue weighted by atomic mass is 10.5. The molecule has 84 valence electrons. The van der Waals surface area contributed by atoms with Crippen molar-refractivity contribution in [2.24, 2.45) is 5.84 Å². The van der Waals surface area contributed by atoms with Crippen LogP contribution in [0.3, 0.4) is 0 Å². The van der Waals surface area contributed by atoms with Crippen molar-refractivity contribution in [1.82, 2.24) is 20.2 Å². The van der Waals surface area contributed by atoms with Crippen LogP contribution in [-0.4, -0.2) is 20.2 Å². The minimum atomic E-state index is -0.695. The van der Waals surface area contributed by atoms with Crippen LogP contribution < -0.4 is 16.0 Å². The molecule has 0 saturated heterocycles. The molecule has 8 heteroatoms. The van der Waals surface area contributed by atoms with Crippen molar-refractivity contribution in [2.75, 3.05) is 5.43 Å². The van der Waals surface area contributed by atoms with E-state index < -0.39 is 5.82 Å². The van der Waals surface area contributed by atoms with Crippen LogP contribution in [0, 0.1) is 12.7 Å². The molecule has 0 atom stereocenters. The van der Waals surface area contributed by atoms with Gasteiger partial charge in [0.2, 0.25) is 17.6 Å². The Hall–Kier alpha value is -2.22. The number of H-pyrrole nitrogens is 1. The summed E-state index contributed by atoms with van der Waals surface area (Å²) < 4.78 is 18.4. The fourth-order valence-corrected chi connectivity index (χ4v) is 1.04. The number of ether oxygens (including phenoxy) is 1. The molecule has 0 unspecified atom stereocenters. The van der Waals surface area contributed by atoms with E-state index in [0.717, 1.165) is 11.9 Å². The number of halogens is 1. The maximum atomic E-state index is 13.2. The standard InChI is InChI=1S/C8H9FN6O/c1-4-2-6(15-14-4)16-7-5(9)3-11-8(12-7)13-10/h2-3H,10H2,1H3,(H,14,15)(H,11,12,13). The lowest BCUT2D eigenvalue weighted by Gasteiger charge is -2.03. The van der Waals surface area contributed by atoms with E-state index in [1.807, 2.05) is 0 Å². The van der Waals surface area contributed by atoms with E-state index in [9.17, 15) is 4.39 Å². The smallest absolute Gasteiger partial charge is 0.262 e. The third kappa shape index (κ3) is 2.06. The van der Waals surface area contributed by atoms with Gasteiger partial charge in [0.1, 0.15) is 0 Å². The summed E-state index contributed by atoms with van der Waals surface area (Å²) in [6, 6.07) is 1.61. The third-order valence-electron chi connectivity index (χ3n) is 1.72. The van der Waals surface area contributed by atoms with Gasteiger partial charge in [0.05, 0.1) is 6.20 Å². The van der Waals surface area contributed by atoms with Gasteiger partial charge in [-0.15, -0.1) is 5.10 Å². The summed E-state index contributed by atoms with van der Waals surface area (Å²) in [6.07, 6.45) is 0.955. The normalized spacial score (nSPS) is 10.2. The zero-order valence-electron chi connectivity index (χ0n) is 8.36. The first-order chi connectivity index (χ1) is 7.69. The fraction of sp³-hybridized carbons (Fsp3) is 0.125. The Bertz CT molecular complexity index is 499. The number of nitrogens with zero attached hydrogens (tertiary/aromatic N) is 3. The molecule has 2 aromatic rings. The molecule has 16 heavy (non-hydrogen) atoms. The molecule has 0 fully saturated rings. The number of hydrogen-bond donors (Lipinski definition) is 3. The minimum Gasteiger partial charge on any atom is -0.416 e. The molecule has 2 heterocycles. The monoisotopic (exact) mass is 224 g/mol. The second-order valence-electron chi connectivity index (χ2n) is 2.98. The van der Waals surface area contributed by atoms with Crippen molar-refractivity contribution < 1.29 is 9.13 Å². The van der Waals surface area contributed by atoms with Gasteiger partial charge in [-0.05, 0) is 6.92 Å². The third-order valence-corrected chi connectivity index (χ3v) is 1.72. The van der Waals surface area contributed by atoms with E-state index in [2.05, 4.69) is 25.6 Å². The van der Waals surface area contributed by atoms with Gasteiger partial charge in [-0.1, -0.05) is 0 Å². The van der Waals surface area contributed by atoms with E-state index in [0.29, 0.717) is 0 Å². The highest BCUT2D eigenvalue weighted by atomic mass is 19.1. The molecular formula is C8H9FN6O. The van der Waals surface area contributed by atoms with Crippen molar-refractivity contribution in [3.05, 3.63) is 23.8 Å². The number of aryl methyl sites for hydroxylation is 1. The molecule has 2 aromatic heterocycles. The van der Waals surface area contributed by atoms with Gasteiger partial charge in [0.25, 0.3) is 5.88 Å². The molecule has 0 saturated carbocycles. The van der Waals surface area contributed by atoms with Gasteiger partial charge in [-0.25, -0.2) is 10.8 Å². The zero-order chi connectivity index (χ0) is 11.5. The molecule has 0 aliphatic carbocycles. The second-order valence-corrected chi connectivity index (χ2v) is 2.98. The zero-order valence-corrected chi connectivity index (χ0v) is 8.36. The van der Waals surface area contributed by atoms with Crippen LogP contribution in [0.2, 0.25) is 0 Å². The average Bonchev–Trinajstić information content (AvgIpc) is 2.67. The largest absolute Gasteiger partial charge is 0.416 e. The van der Waals surface area contributed by atoms with Crippen LogP contribution in [0.1, 0.15) is 5.69 Å². The summed E-state index contributed by atoms with van der Waals surface area (Å²) in [5.74, 6) is 4.43. The van der Waals surface area contributed by atoms with Crippen molar-refractivity contribution >= 4 is 5.95 Å². The fourth-order valence-electron chi connectivity index (χ4n) is 1.04. The van der Waals surface area contributed by atoms with E-state index >= 15 is 0 Å². The first-order valence-corrected chi connectivity index (χ1v) is 4.38. The SMILES string of the molecule is Cc1cc(Oc2nc(NN)ncc2F)n[nH]1. The summed E-state index contributed by atoms with van der Waals surface area (Å²) in [5.41, 5.74) is 2.98. The summed E-state index contributed by atoms with van der Waals surface area (Å²) in [4.78, 5) is 7.27. The van der Waals surface area contributed by atoms with E-state index in [1.54, 1.807) is 13.0 Å². The average molecular weight is 224 g/mol. The Morgan fingerprint density at radius 3 is 3.00 bits per heavy atom. The Kier molecular flexibility index (Phi) is 2.64. The van der Waals surface area contributed by atoms with Crippen LogP contribution >= 0.6 is 0 Å². The maximum absolute atomic E-state index is 13.2. The van der Waals surface area contributed by atoms with E-state index in [-0.39, 0.29) is 17.7 Å². The predicted molar refractivity (Wildman–Crippen MR) is 53.2 cm³/mol. The van der Waals surface area contributed by atoms with Gasteiger partial charge in [-0.3, -0.25) is 10.5 Å². The van der Waals surface area contributed by atoms with Crippen molar-refractivity contribution in [1.29, 1.82) is 0 Å². The molecule has 0 amide bonds. The Morgan fingerprint density at radius 2 is 2.38 bits per heavy atom. The lowest BCUT2D eigenvalue weighted by molar-refractivity contribution is 0.406. The number of nitrogen functional groups attached to an aromatic ring is 1. The Balaban J connectivity index is 2.26. The molecule has 0 radical (unpaired) electrons. The number of anilines is 1. The van der Waals surface area contributed by atoms with Crippen molar-refractivity contribution in [3.8, 4) is 11.8 Å². The van der Waals surface area contributed by atoms with Crippen LogP contribution in [0.25, 0.3) is 0 Å².